The summed E-state index contributed by atoms with van der Waals surface area (Å²) >= 11 is 1.73. The molecule has 3 N–H and O–H groups in total. The van der Waals surface area contributed by atoms with Crippen LogP contribution in [0.5, 0.6) is 0 Å². The summed E-state index contributed by atoms with van der Waals surface area (Å²) < 4.78 is 0. The van der Waals surface area contributed by atoms with E-state index in [1.165, 1.54) is 4.88 Å². The third-order valence-corrected chi connectivity index (χ3v) is 2.53. The lowest BCUT2D eigenvalue weighted by Gasteiger charge is -2.00. The largest absolute Gasteiger partial charge is 0.370 e. The van der Waals surface area contributed by atoms with Crippen molar-refractivity contribution >= 4 is 41.3 Å². The number of aliphatic imine (C=N–C) groups is 1. The van der Waals surface area contributed by atoms with Gasteiger partial charge in [0.25, 0.3) is 0 Å². The topological polar surface area (TPSA) is 50.4 Å². The Morgan fingerprint density at radius 2 is 2.47 bits per heavy atom. The van der Waals surface area contributed by atoms with E-state index in [1.807, 2.05) is 6.07 Å². The average molecular weight is 335 g/mol. The Morgan fingerprint density at radius 1 is 1.67 bits per heavy atom. The lowest BCUT2D eigenvalue weighted by atomic mass is 10.3. The molecule has 0 aliphatic carbocycles. The van der Waals surface area contributed by atoms with Gasteiger partial charge in [-0.25, -0.2) is 0 Å². The van der Waals surface area contributed by atoms with E-state index in [0.717, 1.165) is 6.42 Å². The zero-order valence-electron chi connectivity index (χ0n) is 8.27. The minimum atomic E-state index is 0. The number of thiophene rings is 1. The second-order valence-corrected chi connectivity index (χ2v) is 3.69. The van der Waals surface area contributed by atoms with Gasteiger partial charge in [0.2, 0.25) is 0 Å². The maximum Gasteiger partial charge on any atom is 0.189 e. The van der Waals surface area contributed by atoms with Gasteiger partial charge in [0.05, 0.1) is 6.54 Å². The molecule has 0 saturated heterocycles. The van der Waals surface area contributed by atoms with Gasteiger partial charge in [0.1, 0.15) is 0 Å². The van der Waals surface area contributed by atoms with Crippen LogP contribution in [0.4, 0.5) is 0 Å². The highest BCUT2D eigenvalue weighted by molar-refractivity contribution is 14.0. The lowest BCUT2D eigenvalue weighted by Crippen LogP contribution is -2.32. The summed E-state index contributed by atoms with van der Waals surface area (Å²) in [5, 5.41) is 4.86. The molecule has 1 aromatic heterocycles. The van der Waals surface area contributed by atoms with E-state index in [-0.39, 0.29) is 24.0 Å². The standard InChI is InChI=1S/C10H13N3S.HI/c1-2-6-12-10(11)13-7-5-9-4-3-8-14-9;/h1,3-4,8H,5-7H2,(H3,11,12,13);1H. The van der Waals surface area contributed by atoms with Gasteiger partial charge in [0.15, 0.2) is 5.96 Å². The summed E-state index contributed by atoms with van der Waals surface area (Å²) in [6.07, 6.45) is 5.99. The van der Waals surface area contributed by atoms with Crippen molar-refractivity contribution in [2.24, 2.45) is 10.7 Å². The fourth-order valence-corrected chi connectivity index (χ4v) is 1.64. The lowest BCUT2D eigenvalue weighted by molar-refractivity contribution is 0.946. The van der Waals surface area contributed by atoms with Crippen molar-refractivity contribution in [3.8, 4) is 12.3 Å². The Bertz CT molecular complexity index is 327. The monoisotopic (exact) mass is 335 g/mol. The van der Waals surface area contributed by atoms with Gasteiger partial charge in [-0.05, 0) is 11.4 Å². The maximum atomic E-state index is 5.55. The Balaban J connectivity index is 0.00000196. The molecule has 0 fully saturated rings. The van der Waals surface area contributed by atoms with Crippen molar-refractivity contribution < 1.29 is 0 Å². The molecule has 0 atom stereocenters. The van der Waals surface area contributed by atoms with E-state index >= 15 is 0 Å². The van der Waals surface area contributed by atoms with Crippen LogP contribution < -0.4 is 11.1 Å². The van der Waals surface area contributed by atoms with Crippen LogP contribution in [0, 0.1) is 12.3 Å². The van der Waals surface area contributed by atoms with Crippen molar-refractivity contribution in [1.29, 1.82) is 0 Å². The molecule has 82 valence electrons. The molecule has 0 bridgehead atoms. The molecule has 0 aliphatic heterocycles. The number of nitrogens with two attached hydrogens (primary N) is 1. The van der Waals surface area contributed by atoms with Crippen LogP contribution in [0.1, 0.15) is 4.88 Å². The van der Waals surface area contributed by atoms with E-state index in [9.17, 15) is 0 Å². The highest BCUT2D eigenvalue weighted by Crippen LogP contribution is 2.08. The Hall–Kier alpha value is -0.740. The average Bonchev–Trinajstić information content (AvgIpc) is 2.67. The number of nitrogens with one attached hydrogen (secondary N) is 1. The Morgan fingerprint density at radius 3 is 3.07 bits per heavy atom. The molecule has 0 unspecified atom stereocenters. The number of rotatable bonds is 4. The third-order valence-electron chi connectivity index (χ3n) is 1.59. The molecule has 0 spiro atoms. The van der Waals surface area contributed by atoms with E-state index in [0.29, 0.717) is 19.0 Å². The predicted molar refractivity (Wildman–Crippen MR) is 76.8 cm³/mol. The third kappa shape index (κ3) is 6.36. The first-order valence-corrected chi connectivity index (χ1v) is 5.20. The Kier molecular flexibility index (Phi) is 8.14. The first-order valence-electron chi connectivity index (χ1n) is 4.32. The summed E-state index contributed by atoms with van der Waals surface area (Å²) in [6, 6.07) is 4.12. The second-order valence-electron chi connectivity index (χ2n) is 2.65. The summed E-state index contributed by atoms with van der Waals surface area (Å²) in [4.78, 5) is 5.45. The summed E-state index contributed by atoms with van der Waals surface area (Å²) in [5.74, 6) is 2.85. The minimum Gasteiger partial charge on any atom is -0.370 e. The molecule has 1 aromatic rings. The van der Waals surface area contributed by atoms with Crippen LogP contribution in [0.15, 0.2) is 22.5 Å². The van der Waals surface area contributed by atoms with Crippen LogP contribution in [-0.4, -0.2) is 19.0 Å². The minimum absolute atomic E-state index is 0. The molecule has 0 aliphatic rings. The van der Waals surface area contributed by atoms with Gasteiger partial charge in [0, 0.05) is 17.8 Å². The van der Waals surface area contributed by atoms with Crippen molar-refractivity contribution in [2.45, 2.75) is 6.42 Å². The highest BCUT2D eigenvalue weighted by atomic mass is 127. The summed E-state index contributed by atoms with van der Waals surface area (Å²) in [7, 11) is 0. The molecular formula is C10H14IN3S. The van der Waals surface area contributed by atoms with Crippen LogP contribution in [-0.2, 0) is 6.42 Å². The predicted octanol–water partition coefficient (Wildman–Crippen LogP) is 1.45. The quantitative estimate of drug-likeness (QED) is 0.379. The van der Waals surface area contributed by atoms with Gasteiger partial charge < -0.3 is 11.1 Å². The van der Waals surface area contributed by atoms with Crippen molar-refractivity contribution in [3.63, 3.8) is 0 Å². The molecule has 5 heteroatoms. The highest BCUT2D eigenvalue weighted by Gasteiger charge is 1.92. The van der Waals surface area contributed by atoms with Gasteiger partial charge in [-0.2, -0.15) is 0 Å². The SMILES string of the molecule is C#CCNC(N)=NCCc1cccs1.I. The number of nitrogens with zero attached hydrogens (tertiary/aromatic N) is 1. The second kappa shape index (κ2) is 8.56. The molecule has 15 heavy (non-hydrogen) atoms. The van der Waals surface area contributed by atoms with Crippen LogP contribution in [0.3, 0.4) is 0 Å². The van der Waals surface area contributed by atoms with Gasteiger partial charge in [-0.3, -0.25) is 4.99 Å². The molecule has 3 nitrogen and oxygen atoms in total. The molecule has 0 saturated carbocycles. The Labute approximate surface area is 111 Å². The molecule has 0 amide bonds. The first kappa shape index (κ1) is 14.3. The van der Waals surface area contributed by atoms with E-state index in [1.54, 1.807) is 11.3 Å². The fourth-order valence-electron chi connectivity index (χ4n) is 0.939. The van der Waals surface area contributed by atoms with Gasteiger partial charge >= 0.3 is 0 Å². The fraction of sp³-hybridized carbons (Fsp3) is 0.300. The number of guanidine groups is 1. The smallest absolute Gasteiger partial charge is 0.189 e. The van der Waals surface area contributed by atoms with Gasteiger partial charge in [-0.15, -0.1) is 41.7 Å². The number of terminal acetylenes is 1. The van der Waals surface area contributed by atoms with Crippen LogP contribution in [0.25, 0.3) is 0 Å². The first-order chi connectivity index (χ1) is 6.83. The molecule has 1 heterocycles. The van der Waals surface area contributed by atoms with E-state index in [4.69, 9.17) is 12.2 Å². The van der Waals surface area contributed by atoms with E-state index in [2.05, 4.69) is 27.7 Å². The molecule has 0 radical (unpaired) electrons. The molecule has 1 rings (SSSR count). The van der Waals surface area contributed by atoms with Gasteiger partial charge in [-0.1, -0.05) is 12.0 Å². The van der Waals surface area contributed by atoms with Crippen molar-refractivity contribution in [2.75, 3.05) is 13.1 Å². The van der Waals surface area contributed by atoms with E-state index < -0.39 is 0 Å². The number of hydrogen-bond acceptors (Lipinski definition) is 2. The van der Waals surface area contributed by atoms with Crippen molar-refractivity contribution in [3.05, 3.63) is 22.4 Å². The number of halogens is 1. The summed E-state index contributed by atoms with van der Waals surface area (Å²) in [5.41, 5.74) is 5.55. The zero-order valence-corrected chi connectivity index (χ0v) is 11.4. The van der Waals surface area contributed by atoms with Crippen LogP contribution >= 0.6 is 35.3 Å². The zero-order chi connectivity index (χ0) is 10.2. The summed E-state index contributed by atoms with van der Waals surface area (Å²) in [6.45, 7) is 1.12. The molecule has 0 aromatic carbocycles. The molecular weight excluding hydrogens is 321 g/mol. The van der Waals surface area contributed by atoms with Crippen LogP contribution in [0.2, 0.25) is 0 Å². The van der Waals surface area contributed by atoms with Crippen molar-refractivity contribution in [1.82, 2.24) is 5.32 Å². The maximum absolute atomic E-state index is 5.55. The normalized spacial score (nSPS) is 10.2. The number of hydrogen-bond donors (Lipinski definition) is 2.